The summed E-state index contributed by atoms with van der Waals surface area (Å²) in [4.78, 5) is 0. The fraction of sp³-hybridized carbons (Fsp3) is 0.600. The molecule has 0 saturated heterocycles. The predicted molar refractivity (Wildman–Crippen MR) is 74.1 cm³/mol. The van der Waals surface area contributed by atoms with E-state index < -0.39 is 12.7 Å². The molecule has 0 aliphatic carbocycles. The van der Waals surface area contributed by atoms with Crippen LogP contribution in [0.4, 0.5) is 13.2 Å². The van der Waals surface area contributed by atoms with Crippen molar-refractivity contribution in [3.05, 3.63) is 29.8 Å². The van der Waals surface area contributed by atoms with Gasteiger partial charge in [-0.15, -0.1) is 0 Å². The van der Waals surface area contributed by atoms with Crippen LogP contribution in [0.1, 0.15) is 32.3 Å². The minimum absolute atomic E-state index is 0.164. The summed E-state index contributed by atoms with van der Waals surface area (Å²) in [5, 5.41) is 2.33. The molecule has 1 aromatic rings. The SMILES string of the molecule is CCCCc1ccc(OC(C)CNCC(F)(F)F)cc1. The molecule has 5 heteroatoms. The zero-order valence-corrected chi connectivity index (χ0v) is 12.0. The third-order valence-electron chi connectivity index (χ3n) is 2.84. The maximum absolute atomic E-state index is 12.0. The van der Waals surface area contributed by atoms with Gasteiger partial charge in [0.25, 0.3) is 0 Å². The van der Waals surface area contributed by atoms with E-state index >= 15 is 0 Å². The molecule has 0 bridgehead atoms. The van der Waals surface area contributed by atoms with Crippen molar-refractivity contribution in [3.8, 4) is 5.75 Å². The largest absolute Gasteiger partial charge is 0.489 e. The lowest BCUT2D eigenvalue weighted by Gasteiger charge is -2.16. The Balaban J connectivity index is 2.32. The predicted octanol–water partition coefficient (Wildman–Crippen LogP) is 3.95. The van der Waals surface area contributed by atoms with Gasteiger partial charge >= 0.3 is 6.18 Å². The zero-order chi connectivity index (χ0) is 15.0. The third-order valence-corrected chi connectivity index (χ3v) is 2.84. The molecule has 0 saturated carbocycles. The zero-order valence-electron chi connectivity index (χ0n) is 12.0. The molecule has 1 aromatic carbocycles. The average Bonchev–Trinajstić information content (AvgIpc) is 2.36. The fourth-order valence-corrected chi connectivity index (χ4v) is 1.81. The van der Waals surface area contributed by atoms with Crippen molar-refractivity contribution in [2.24, 2.45) is 0 Å². The summed E-state index contributed by atoms with van der Waals surface area (Å²) in [6.07, 6.45) is -1.14. The lowest BCUT2D eigenvalue weighted by Crippen LogP contribution is -2.35. The van der Waals surface area contributed by atoms with Crippen LogP contribution >= 0.6 is 0 Å². The topological polar surface area (TPSA) is 21.3 Å². The van der Waals surface area contributed by atoms with Gasteiger partial charge in [0.15, 0.2) is 0 Å². The maximum Gasteiger partial charge on any atom is 0.401 e. The fourth-order valence-electron chi connectivity index (χ4n) is 1.81. The van der Waals surface area contributed by atoms with E-state index in [9.17, 15) is 13.2 Å². The highest BCUT2D eigenvalue weighted by atomic mass is 19.4. The molecule has 0 aliphatic rings. The molecule has 0 amide bonds. The van der Waals surface area contributed by atoms with Gasteiger partial charge in [-0.1, -0.05) is 25.5 Å². The van der Waals surface area contributed by atoms with Gasteiger partial charge in [0.05, 0.1) is 6.54 Å². The molecular formula is C15H22F3NO. The molecule has 2 nitrogen and oxygen atoms in total. The molecule has 20 heavy (non-hydrogen) atoms. The molecule has 1 rings (SSSR count). The van der Waals surface area contributed by atoms with Crippen LogP contribution in [0.2, 0.25) is 0 Å². The van der Waals surface area contributed by atoms with Gasteiger partial charge in [-0.2, -0.15) is 13.2 Å². The number of halogens is 3. The lowest BCUT2D eigenvalue weighted by molar-refractivity contribution is -0.125. The summed E-state index contributed by atoms with van der Waals surface area (Å²) < 4.78 is 41.5. The highest BCUT2D eigenvalue weighted by Gasteiger charge is 2.26. The van der Waals surface area contributed by atoms with E-state index in [0.29, 0.717) is 5.75 Å². The Hall–Kier alpha value is -1.23. The average molecular weight is 289 g/mol. The van der Waals surface area contributed by atoms with Crippen molar-refractivity contribution < 1.29 is 17.9 Å². The minimum atomic E-state index is -4.18. The number of unbranched alkanes of at least 4 members (excludes halogenated alkanes) is 1. The van der Waals surface area contributed by atoms with Crippen molar-refractivity contribution in [1.82, 2.24) is 5.32 Å². The summed E-state index contributed by atoms with van der Waals surface area (Å²) in [5.41, 5.74) is 1.25. The van der Waals surface area contributed by atoms with Crippen LogP contribution < -0.4 is 10.1 Å². The highest BCUT2D eigenvalue weighted by molar-refractivity contribution is 5.27. The minimum Gasteiger partial charge on any atom is -0.489 e. The molecule has 1 atom stereocenters. The number of ether oxygens (including phenoxy) is 1. The van der Waals surface area contributed by atoms with Gasteiger partial charge in [-0.25, -0.2) is 0 Å². The number of benzene rings is 1. The van der Waals surface area contributed by atoms with Crippen molar-refractivity contribution in [1.29, 1.82) is 0 Å². The Labute approximate surface area is 118 Å². The Morgan fingerprint density at radius 3 is 2.40 bits per heavy atom. The summed E-state index contributed by atoms with van der Waals surface area (Å²) in [7, 11) is 0. The van der Waals surface area contributed by atoms with Crippen LogP contribution in [0.15, 0.2) is 24.3 Å². The number of hydrogen-bond acceptors (Lipinski definition) is 2. The Bertz CT molecular complexity index is 376. The van der Waals surface area contributed by atoms with Gasteiger partial charge in [-0.05, 0) is 37.5 Å². The second kappa shape index (κ2) is 8.15. The number of rotatable bonds is 8. The Kier molecular flexibility index (Phi) is 6.85. The van der Waals surface area contributed by atoms with E-state index in [-0.39, 0.29) is 12.6 Å². The summed E-state index contributed by atoms with van der Waals surface area (Å²) in [6.45, 7) is 3.06. The number of nitrogens with one attached hydrogen (secondary N) is 1. The van der Waals surface area contributed by atoms with Crippen molar-refractivity contribution >= 4 is 0 Å². The molecule has 1 unspecified atom stereocenters. The first-order valence-corrected chi connectivity index (χ1v) is 6.94. The van der Waals surface area contributed by atoms with Gasteiger partial charge in [0, 0.05) is 6.54 Å². The van der Waals surface area contributed by atoms with Gasteiger partial charge in [0.1, 0.15) is 11.9 Å². The molecule has 0 radical (unpaired) electrons. The van der Waals surface area contributed by atoms with Gasteiger partial charge in [0.2, 0.25) is 0 Å². The number of alkyl halides is 3. The van der Waals surface area contributed by atoms with E-state index in [1.54, 1.807) is 6.92 Å². The van der Waals surface area contributed by atoms with Crippen LogP contribution in [-0.4, -0.2) is 25.4 Å². The summed E-state index contributed by atoms with van der Waals surface area (Å²) in [6, 6.07) is 7.73. The molecular weight excluding hydrogens is 267 g/mol. The lowest BCUT2D eigenvalue weighted by atomic mass is 10.1. The van der Waals surface area contributed by atoms with Crippen LogP contribution in [0.5, 0.6) is 5.75 Å². The van der Waals surface area contributed by atoms with Crippen LogP contribution in [0.3, 0.4) is 0 Å². The number of aryl methyl sites for hydroxylation is 1. The quantitative estimate of drug-likeness (QED) is 0.782. The van der Waals surface area contributed by atoms with Crippen molar-refractivity contribution in [3.63, 3.8) is 0 Å². The summed E-state index contributed by atoms with van der Waals surface area (Å²) in [5.74, 6) is 0.687. The van der Waals surface area contributed by atoms with Gasteiger partial charge < -0.3 is 10.1 Å². The highest BCUT2D eigenvalue weighted by Crippen LogP contribution is 2.16. The van der Waals surface area contributed by atoms with Gasteiger partial charge in [-0.3, -0.25) is 0 Å². The van der Waals surface area contributed by atoms with Crippen molar-refractivity contribution in [2.75, 3.05) is 13.1 Å². The molecule has 114 valence electrons. The van der Waals surface area contributed by atoms with E-state index in [0.717, 1.165) is 19.3 Å². The second-order valence-corrected chi connectivity index (χ2v) is 4.92. The van der Waals surface area contributed by atoms with E-state index in [1.165, 1.54) is 5.56 Å². The third kappa shape index (κ3) is 7.38. The first-order chi connectivity index (χ1) is 9.40. The molecule has 0 heterocycles. The normalized spacial score (nSPS) is 13.2. The monoisotopic (exact) mass is 289 g/mol. The molecule has 0 aromatic heterocycles. The van der Waals surface area contributed by atoms with E-state index in [2.05, 4.69) is 12.2 Å². The van der Waals surface area contributed by atoms with E-state index in [1.807, 2.05) is 24.3 Å². The molecule has 0 spiro atoms. The molecule has 0 fully saturated rings. The second-order valence-electron chi connectivity index (χ2n) is 4.92. The van der Waals surface area contributed by atoms with Crippen molar-refractivity contribution in [2.45, 2.75) is 45.4 Å². The van der Waals surface area contributed by atoms with Crippen LogP contribution in [0.25, 0.3) is 0 Å². The smallest absolute Gasteiger partial charge is 0.401 e. The summed E-state index contributed by atoms with van der Waals surface area (Å²) >= 11 is 0. The molecule has 0 aliphatic heterocycles. The van der Waals surface area contributed by atoms with E-state index in [4.69, 9.17) is 4.74 Å². The first kappa shape index (κ1) is 16.8. The maximum atomic E-state index is 12.0. The van der Waals surface area contributed by atoms with Crippen LogP contribution in [-0.2, 0) is 6.42 Å². The Morgan fingerprint density at radius 2 is 1.85 bits per heavy atom. The number of hydrogen-bond donors (Lipinski definition) is 1. The molecule has 1 N–H and O–H groups in total. The standard InChI is InChI=1S/C15H22F3NO/c1-3-4-5-13-6-8-14(9-7-13)20-12(2)10-19-11-15(16,17)18/h6-9,12,19H,3-5,10-11H2,1-2H3. The first-order valence-electron chi connectivity index (χ1n) is 6.94. The van der Waals surface area contributed by atoms with Crippen LogP contribution in [0, 0.1) is 0 Å². The Morgan fingerprint density at radius 1 is 1.20 bits per heavy atom.